The van der Waals surface area contributed by atoms with Gasteiger partial charge in [-0.05, 0) is 0 Å². The molecule has 1 heterocycles. The van der Waals surface area contributed by atoms with Gasteiger partial charge in [0.25, 0.3) is 0 Å². The molecule has 0 aromatic carbocycles. The fraction of sp³-hybridized carbons (Fsp3) is 0.167. The van der Waals surface area contributed by atoms with E-state index in [1.807, 2.05) is 0 Å². The summed E-state index contributed by atoms with van der Waals surface area (Å²) < 4.78 is 4.92. The Morgan fingerprint density at radius 3 is 2.50 bits per heavy atom. The first-order chi connectivity index (χ1) is 5.44. The van der Waals surface area contributed by atoms with Crippen LogP contribution in [0.1, 0.15) is 0 Å². The molecule has 0 aliphatic carbocycles. The molecule has 0 aromatic heterocycles. The highest BCUT2D eigenvalue weighted by Gasteiger charge is 2.31. The second-order valence-electron chi connectivity index (χ2n) is 2.50. The normalized spacial score (nSPS) is 28.4. The molecule has 0 saturated carbocycles. The number of nitrogens with two attached hydrogens (primary N) is 4. The number of rotatable bonds is 1. The largest absolute Gasteiger partial charge is 0.447 e. The van der Waals surface area contributed by atoms with Crippen molar-refractivity contribution in [1.29, 1.82) is 5.41 Å². The van der Waals surface area contributed by atoms with Crippen LogP contribution in [-0.2, 0) is 4.74 Å². The zero-order valence-corrected chi connectivity index (χ0v) is 6.37. The first kappa shape index (κ1) is 8.41. The SMILES string of the molecule is N=C(N)C1(N)C=C(N)C=C(N)O1. The summed E-state index contributed by atoms with van der Waals surface area (Å²) in [5.74, 6) is -0.297. The maximum absolute atomic E-state index is 7.11. The first-order valence-corrected chi connectivity index (χ1v) is 3.22. The van der Waals surface area contributed by atoms with Crippen LogP contribution in [0.3, 0.4) is 0 Å². The average Bonchev–Trinajstić information content (AvgIpc) is 1.82. The van der Waals surface area contributed by atoms with Gasteiger partial charge < -0.3 is 21.9 Å². The second-order valence-corrected chi connectivity index (χ2v) is 2.50. The van der Waals surface area contributed by atoms with E-state index in [-0.39, 0.29) is 11.7 Å². The lowest BCUT2D eigenvalue weighted by Crippen LogP contribution is -2.54. The molecular weight excluding hydrogens is 158 g/mol. The van der Waals surface area contributed by atoms with Crippen LogP contribution < -0.4 is 22.9 Å². The maximum Gasteiger partial charge on any atom is 0.239 e. The maximum atomic E-state index is 7.11. The quantitative estimate of drug-likeness (QED) is 0.234. The molecule has 1 unspecified atom stereocenters. The van der Waals surface area contributed by atoms with Gasteiger partial charge in [0, 0.05) is 17.8 Å². The van der Waals surface area contributed by atoms with Crippen LogP contribution in [0.5, 0.6) is 0 Å². The Morgan fingerprint density at radius 2 is 2.08 bits per heavy atom. The molecule has 12 heavy (non-hydrogen) atoms. The molecule has 9 N–H and O–H groups in total. The van der Waals surface area contributed by atoms with E-state index in [2.05, 4.69) is 0 Å². The zero-order chi connectivity index (χ0) is 9.35. The summed E-state index contributed by atoms with van der Waals surface area (Å²) in [7, 11) is 0. The fourth-order valence-electron chi connectivity index (χ4n) is 0.840. The molecule has 1 aliphatic heterocycles. The van der Waals surface area contributed by atoms with Crippen LogP contribution in [0.25, 0.3) is 0 Å². The van der Waals surface area contributed by atoms with Crippen molar-refractivity contribution in [1.82, 2.24) is 0 Å². The third-order valence-electron chi connectivity index (χ3n) is 1.40. The Bertz CT molecular complexity index is 282. The highest BCUT2D eigenvalue weighted by atomic mass is 16.5. The van der Waals surface area contributed by atoms with Gasteiger partial charge in [0.05, 0.1) is 0 Å². The summed E-state index contributed by atoms with van der Waals surface area (Å²) in [6, 6.07) is 0. The number of nitrogens with one attached hydrogen (secondary N) is 1. The van der Waals surface area contributed by atoms with Gasteiger partial charge in [-0.3, -0.25) is 11.1 Å². The number of allylic oxidation sites excluding steroid dienone is 1. The lowest BCUT2D eigenvalue weighted by atomic mass is 10.1. The molecule has 6 heteroatoms. The highest BCUT2D eigenvalue weighted by molar-refractivity contribution is 5.88. The van der Waals surface area contributed by atoms with Crippen LogP contribution >= 0.6 is 0 Å². The lowest BCUT2D eigenvalue weighted by Gasteiger charge is -2.28. The van der Waals surface area contributed by atoms with Gasteiger partial charge in [-0.15, -0.1) is 0 Å². The third kappa shape index (κ3) is 1.32. The van der Waals surface area contributed by atoms with E-state index < -0.39 is 5.72 Å². The van der Waals surface area contributed by atoms with Gasteiger partial charge in [0.1, 0.15) is 0 Å². The van der Waals surface area contributed by atoms with Crippen molar-refractivity contribution in [2.45, 2.75) is 5.72 Å². The van der Waals surface area contributed by atoms with Crippen LogP contribution in [0.4, 0.5) is 0 Å². The monoisotopic (exact) mass is 169 g/mol. The van der Waals surface area contributed by atoms with Gasteiger partial charge in [0.15, 0.2) is 11.7 Å². The predicted molar refractivity (Wildman–Crippen MR) is 44.5 cm³/mol. The molecule has 0 spiro atoms. The topological polar surface area (TPSA) is 137 Å². The number of hydrogen-bond acceptors (Lipinski definition) is 5. The summed E-state index contributed by atoms with van der Waals surface area (Å²) in [6.45, 7) is 0. The van der Waals surface area contributed by atoms with E-state index in [0.29, 0.717) is 5.70 Å². The Kier molecular flexibility index (Phi) is 1.69. The van der Waals surface area contributed by atoms with Crippen molar-refractivity contribution in [3.63, 3.8) is 0 Å². The van der Waals surface area contributed by atoms with E-state index in [4.69, 9.17) is 33.1 Å². The van der Waals surface area contributed by atoms with Gasteiger partial charge in [-0.25, -0.2) is 0 Å². The molecule has 66 valence electrons. The molecule has 0 radical (unpaired) electrons. The fourth-order valence-corrected chi connectivity index (χ4v) is 0.840. The predicted octanol–water partition coefficient (Wildman–Crippen LogP) is -1.75. The van der Waals surface area contributed by atoms with Crippen molar-refractivity contribution in [2.24, 2.45) is 22.9 Å². The third-order valence-corrected chi connectivity index (χ3v) is 1.40. The minimum atomic E-state index is -1.50. The number of ether oxygens (including phenoxy) is 1. The smallest absolute Gasteiger partial charge is 0.239 e. The molecule has 0 aromatic rings. The second kappa shape index (κ2) is 2.42. The standard InChI is InChI=1S/C6H11N5O/c7-3-1-4(8)12-6(11,2-3)5(9)10/h1-2H,7-8,11H2,(H3,9,10). The van der Waals surface area contributed by atoms with E-state index >= 15 is 0 Å². The van der Waals surface area contributed by atoms with Crippen LogP contribution in [0.2, 0.25) is 0 Å². The van der Waals surface area contributed by atoms with E-state index in [0.717, 1.165) is 0 Å². The molecule has 0 amide bonds. The summed E-state index contributed by atoms with van der Waals surface area (Å²) in [4.78, 5) is 0. The van der Waals surface area contributed by atoms with E-state index in [1.54, 1.807) is 0 Å². The molecule has 0 fully saturated rings. The van der Waals surface area contributed by atoms with E-state index in [9.17, 15) is 0 Å². The van der Waals surface area contributed by atoms with Crippen molar-refractivity contribution in [3.05, 3.63) is 23.7 Å². The Morgan fingerprint density at radius 1 is 1.50 bits per heavy atom. The summed E-state index contributed by atoms with van der Waals surface area (Å²) in [5, 5.41) is 7.11. The van der Waals surface area contributed by atoms with Crippen LogP contribution in [-0.4, -0.2) is 11.6 Å². The molecule has 1 atom stereocenters. The van der Waals surface area contributed by atoms with Crippen molar-refractivity contribution in [3.8, 4) is 0 Å². The first-order valence-electron chi connectivity index (χ1n) is 3.22. The van der Waals surface area contributed by atoms with Gasteiger partial charge >= 0.3 is 0 Å². The summed E-state index contributed by atoms with van der Waals surface area (Å²) in [5.41, 5.74) is 20.3. The highest BCUT2D eigenvalue weighted by Crippen LogP contribution is 2.15. The summed E-state index contributed by atoms with van der Waals surface area (Å²) >= 11 is 0. The van der Waals surface area contributed by atoms with Crippen molar-refractivity contribution < 1.29 is 4.74 Å². The Balaban J connectivity index is 3.00. The lowest BCUT2D eigenvalue weighted by molar-refractivity contribution is 0.101. The average molecular weight is 169 g/mol. The van der Waals surface area contributed by atoms with Crippen LogP contribution in [0, 0.1) is 5.41 Å². The molecule has 6 nitrogen and oxygen atoms in total. The summed E-state index contributed by atoms with van der Waals surface area (Å²) in [6.07, 6.45) is 2.72. The molecule has 1 rings (SSSR count). The number of hydrogen-bond donors (Lipinski definition) is 5. The molecule has 1 aliphatic rings. The van der Waals surface area contributed by atoms with Gasteiger partial charge in [0.2, 0.25) is 5.72 Å². The molecule has 0 saturated heterocycles. The van der Waals surface area contributed by atoms with Crippen LogP contribution in [0.15, 0.2) is 23.7 Å². The number of amidine groups is 1. The minimum Gasteiger partial charge on any atom is -0.447 e. The van der Waals surface area contributed by atoms with Gasteiger partial charge in [-0.1, -0.05) is 0 Å². The minimum absolute atomic E-state index is 0.0488. The van der Waals surface area contributed by atoms with Crippen molar-refractivity contribution in [2.75, 3.05) is 0 Å². The Labute approximate surface area is 69.3 Å². The van der Waals surface area contributed by atoms with E-state index in [1.165, 1.54) is 12.2 Å². The van der Waals surface area contributed by atoms with Gasteiger partial charge in [-0.2, -0.15) is 0 Å². The Hall–Kier alpha value is -1.69. The zero-order valence-electron chi connectivity index (χ0n) is 6.37. The van der Waals surface area contributed by atoms with Crippen molar-refractivity contribution >= 4 is 5.84 Å². The molecule has 0 bridgehead atoms. The molecular formula is C6H11N5O.